The molecule has 9 rings (SSSR count). The van der Waals surface area contributed by atoms with Crippen molar-refractivity contribution < 1.29 is 9.47 Å². The van der Waals surface area contributed by atoms with E-state index >= 15 is 0 Å². The first-order chi connectivity index (χ1) is 23.1. The van der Waals surface area contributed by atoms with Gasteiger partial charge in [0.15, 0.2) is 17.2 Å². The van der Waals surface area contributed by atoms with Gasteiger partial charge in [0.1, 0.15) is 5.00 Å². The summed E-state index contributed by atoms with van der Waals surface area (Å²) < 4.78 is 13.4. The van der Waals surface area contributed by atoms with Gasteiger partial charge in [-0.3, -0.25) is 4.90 Å². The fourth-order valence-electron chi connectivity index (χ4n) is 6.99. The lowest BCUT2D eigenvalue weighted by Crippen LogP contribution is -2.16. The van der Waals surface area contributed by atoms with E-state index in [1.54, 1.807) is 11.3 Å². The molecular formula is C43H31NO2S. The van der Waals surface area contributed by atoms with Gasteiger partial charge in [0.25, 0.3) is 0 Å². The smallest absolute Gasteiger partial charge is 0.205 e. The van der Waals surface area contributed by atoms with Crippen LogP contribution in [0.4, 0.5) is 16.4 Å². The van der Waals surface area contributed by atoms with E-state index in [9.17, 15) is 0 Å². The molecule has 0 saturated heterocycles. The van der Waals surface area contributed by atoms with Crippen molar-refractivity contribution in [1.29, 1.82) is 0 Å². The Bertz CT molecular complexity index is 2270. The van der Waals surface area contributed by atoms with Crippen LogP contribution in [0, 0.1) is 0 Å². The number of hydrogen-bond acceptors (Lipinski definition) is 4. The molecule has 0 radical (unpaired) electrons. The molecule has 2 heterocycles. The van der Waals surface area contributed by atoms with Crippen LogP contribution in [0.25, 0.3) is 32.7 Å². The van der Waals surface area contributed by atoms with E-state index in [0.29, 0.717) is 5.75 Å². The van der Waals surface area contributed by atoms with Crippen molar-refractivity contribution in [2.75, 3.05) is 4.90 Å². The summed E-state index contributed by atoms with van der Waals surface area (Å²) in [4.78, 5) is 3.37. The summed E-state index contributed by atoms with van der Waals surface area (Å²) >= 11 is 1.69. The van der Waals surface area contributed by atoms with Crippen LogP contribution in [-0.2, 0) is 5.41 Å². The highest BCUT2D eigenvalue weighted by Crippen LogP contribution is 2.61. The maximum Gasteiger partial charge on any atom is 0.205 e. The molecule has 0 bridgehead atoms. The minimum atomic E-state index is -0.132. The highest BCUT2D eigenvalue weighted by atomic mass is 32.1. The summed E-state index contributed by atoms with van der Waals surface area (Å²) in [6.07, 6.45) is 0. The lowest BCUT2D eigenvalue weighted by molar-refractivity contribution is 0.364. The quantitative estimate of drug-likeness (QED) is 0.190. The number of hydrogen-bond donors (Lipinski definition) is 0. The van der Waals surface area contributed by atoms with Crippen molar-refractivity contribution in [1.82, 2.24) is 0 Å². The Hall–Kier alpha value is -5.58. The molecule has 1 aromatic heterocycles. The van der Waals surface area contributed by atoms with E-state index in [0.717, 1.165) is 44.1 Å². The van der Waals surface area contributed by atoms with Gasteiger partial charge in [-0.15, -0.1) is 11.3 Å². The highest BCUT2D eigenvalue weighted by Gasteiger charge is 2.37. The predicted molar refractivity (Wildman–Crippen MR) is 194 cm³/mol. The summed E-state index contributed by atoms with van der Waals surface area (Å²) in [5.41, 5.74) is 10.7. The molecule has 3 nitrogen and oxygen atoms in total. The van der Waals surface area contributed by atoms with Crippen LogP contribution in [0.3, 0.4) is 0 Å². The molecule has 0 fully saturated rings. The zero-order valence-electron chi connectivity index (χ0n) is 26.1. The molecule has 0 saturated carbocycles. The second-order valence-electron chi connectivity index (χ2n) is 12.6. The SMILES string of the molecule is CC1(C)c2ccccc2-c2ccc(N(c3ccc(-c4ccccc4)cc3)c3sc(-c4ccccc4)c4c3Oc3ccccc3O4)cc21. The lowest BCUT2D eigenvalue weighted by Gasteiger charge is -2.28. The number of ether oxygens (including phenoxy) is 2. The molecule has 1 aliphatic heterocycles. The third-order valence-corrected chi connectivity index (χ3v) is 10.6. The first-order valence-electron chi connectivity index (χ1n) is 15.9. The third-order valence-electron chi connectivity index (χ3n) is 9.38. The molecule has 7 aromatic rings. The highest BCUT2D eigenvalue weighted by molar-refractivity contribution is 7.20. The largest absolute Gasteiger partial charge is 0.448 e. The summed E-state index contributed by atoms with van der Waals surface area (Å²) in [7, 11) is 0. The number of anilines is 3. The Balaban J connectivity index is 1.26. The van der Waals surface area contributed by atoms with Crippen molar-refractivity contribution in [3.63, 3.8) is 0 Å². The van der Waals surface area contributed by atoms with Gasteiger partial charge in [0, 0.05) is 16.8 Å². The van der Waals surface area contributed by atoms with Crippen LogP contribution in [0.15, 0.2) is 152 Å². The maximum absolute atomic E-state index is 6.76. The molecule has 6 aromatic carbocycles. The molecule has 226 valence electrons. The van der Waals surface area contributed by atoms with Crippen LogP contribution in [0.2, 0.25) is 0 Å². The Morgan fingerprint density at radius 2 is 1.04 bits per heavy atom. The van der Waals surface area contributed by atoms with Crippen LogP contribution in [-0.4, -0.2) is 0 Å². The molecular weight excluding hydrogens is 595 g/mol. The lowest BCUT2D eigenvalue weighted by atomic mass is 9.82. The van der Waals surface area contributed by atoms with Gasteiger partial charge in [0.2, 0.25) is 5.75 Å². The summed E-state index contributed by atoms with van der Waals surface area (Å²) in [5.74, 6) is 2.90. The number of benzene rings is 6. The first-order valence-corrected chi connectivity index (χ1v) is 16.7. The Labute approximate surface area is 278 Å². The second-order valence-corrected chi connectivity index (χ2v) is 13.6. The van der Waals surface area contributed by atoms with Crippen LogP contribution in [0.5, 0.6) is 23.0 Å². The topological polar surface area (TPSA) is 21.7 Å². The number of thiophene rings is 1. The van der Waals surface area contributed by atoms with E-state index in [1.807, 2.05) is 30.3 Å². The molecule has 0 atom stereocenters. The standard InChI is InChI=1S/C43H31NO2S/c1-43(2)35-18-10-9-17-33(35)34-26-25-32(27-36(34)43)44(31-23-21-29(22-24-31)28-13-5-3-6-14-28)42-40-39(41(47-42)30-15-7-4-8-16-30)45-37-19-11-12-20-38(37)46-40/h3-27H,1-2H3. The van der Waals surface area contributed by atoms with E-state index < -0.39 is 0 Å². The molecule has 47 heavy (non-hydrogen) atoms. The molecule has 0 spiro atoms. The minimum Gasteiger partial charge on any atom is -0.448 e. The summed E-state index contributed by atoms with van der Waals surface area (Å²) in [6, 6.07) is 53.4. The van der Waals surface area contributed by atoms with Crippen molar-refractivity contribution in [3.8, 4) is 55.7 Å². The monoisotopic (exact) mass is 625 g/mol. The first kappa shape index (κ1) is 27.7. The number of nitrogens with zero attached hydrogens (tertiary/aromatic N) is 1. The van der Waals surface area contributed by atoms with Gasteiger partial charge in [-0.25, -0.2) is 0 Å². The van der Waals surface area contributed by atoms with E-state index in [1.165, 1.54) is 33.4 Å². The van der Waals surface area contributed by atoms with Crippen molar-refractivity contribution >= 4 is 27.7 Å². The minimum absolute atomic E-state index is 0.132. The average Bonchev–Trinajstić information content (AvgIpc) is 3.60. The van der Waals surface area contributed by atoms with Crippen molar-refractivity contribution in [2.24, 2.45) is 0 Å². The van der Waals surface area contributed by atoms with Gasteiger partial charge in [0.05, 0.1) is 4.88 Å². The van der Waals surface area contributed by atoms with E-state index in [-0.39, 0.29) is 5.41 Å². The average molecular weight is 626 g/mol. The maximum atomic E-state index is 6.76. The molecule has 0 N–H and O–H groups in total. The van der Waals surface area contributed by atoms with Crippen LogP contribution in [0.1, 0.15) is 25.0 Å². The third kappa shape index (κ3) is 4.48. The van der Waals surface area contributed by atoms with Gasteiger partial charge in [-0.05, 0) is 75.3 Å². The Kier molecular flexibility index (Phi) is 6.34. The van der Waals surface area contributed by atoms with Crippen LogP contribution >= 0.6 is 11.3 Å². The van der Waals surface area contributed by atoms with Crippen molar-refractivity contribution in [3.05, 3.63) is 163 Å². The normalized spacial score (nSPS) is 13.4. The fourth-order valence-corrected chi connectivity index (χ4v) is 8.19. The predicted octanol–water partition coefficient (Wildman–Crippen LogP) is 12.8. The number of para-hydroxylation sites is 2. The van der Waals surface area contributed by atoms with E-state index in [2.05, 4.69) is 140 Å². The molecule has 2 aliphatic rings. The summed E-state index contributed by atoms with van der Waals surface area (Å²) in [5, 5.41) is 0.967. The van der Waals surface area contributed by atoms with Crippen molar-refractivity contribution in [2.45, 2.75) is 19.3 Å². The molecule has 4 heteroatoms. The second kappa shape index (κ2) is 10.8. The fraction of sp³-hybridized carbons (Fsp3) is 0.0698. The molecule has 1 aliphatic carbocycles. The van der Waals surface area contributed by atoms with Crippen LogP contribution < -0.4 is 14.4 Å². The van der Waals surface area contributed by atoms with Gasteiger partial charge in [-0.1, -0.05) is 129 Å². The number of rotatable bonds is 5. The Morgan fingerprint density at radius 3 is 1.77 bits per heavy atom. The zero-order chi connectivity index (χ0) is 31.5. The number of fused-ring (bicyclic) bond motifs is 5. The summed E-state index contributed by atoms with van der Waals surface area (Å²) in [6.45, 7) is 4.66. The molecule has 0 unspecified atom stereocenters. The van der Waals surface area contributed by atoms with Gasteiger partial charge < -0.3 is 9.47 Å². The van der Waals surface area contributed by atoms with E-state index in [4.69, 9.17) is 9.47 Å². The zero-order valence-corrected chi connectivity index (χ0v) is 26.9. The molecule has 0 amide bonds. The van der Waals surface area contributed by atoms with Gasteiger partial charge in [-0.2, -0.15) is 0 Å². The Morgan fingerprint density at radius 1 is 0.489 bits per heavy atom. The van der Waals surface area contributed by atoms with Gasteiger partial charge >= 0.3 is 0 Å².